The van der Waals surface area contributed by atoms with E-state index in [0.717, 1.165) is 24.2 Å². The third-order valence-corrected chi connectivity index (χ3v) is 3.67. The zero-order chi connectivity index (χ0) is 16.4. The Hall–Kier alpha value is -2.31. The Kier molecular flexibility index (Phi) is 4.36. The van der Waals surface area contributed by atoms with Gasteiger partial charge in [-0.3, -0.25) is 0 Å². The van der Waals surface area contributed by atoms with Crippen LogP contribution in [-0.2, 0) is 6.54 Å². The highest BCUT2D eigenvalue weighted by molar-refractivity contribution is 5.42. The number of hydrogen-bond donors (Lipinski definition) is 1. The van der Waals surface area contributed by atoms with Gasteiger partial charge in [-0.15, -0.1) is 0 Å². The maximum Gasteiger partial charge on any atom is 0.280 e. The van der Waals surface area contributed by atoms with E-state index in [9.17, 15) is 8.78 Å². The van der Waals surface area contributed by atoms with Gasteiger partial charge in [-0.05, 0) is 30.5 Å². The van der Waals surface area contributed by atoms with E-state index in [4.69, 9.17) is 0 Å². The molecule has 1 aliphatic carbocycles. The second-order valence-electron chi connectivity index (χ2n) is 5.88. The Morgan fingerprint density at radius 3 is 2.70 bits per heavy atom. The van der Waals surface area contributed by atoms with Crippen LogP contribution in [0.25, 0.3) is 0 Å². The number of halogens is 2. The molecule has 5 nitrogen and oxygen atoms in total. The molecule has 0 radical (unpaired) electrons. The Bertz CT molecular complexity index is 666. The molecule has 2 aromatic rings. The SMILES string of the molecule is CN(C)c1cc(CNc2cc(C(F)F)nc(C3CC3)n2)ccn1. The lowest BCUT2D eigenvalue weighted by molar-refractivity contribution is 0.145. The highest BCUT2D eigenvalue weighted by Crippen LogP contribution is 2.39. The first-order valence-corrected chi connectivity index (χ1v) is 7.56. The zero-order valence-electron chi connectivity index (χ0n) is 13.1. The maximum atomic E-state index is 13.0. The van der Waals surface area contributed by atoms with Crippen molar-refractivity contribution in [1.29, 1.82) is 0 Å². The standard InChI is InChI=1S/C16H19F2N5/c1-23(2)14-7-10(5-6-19-14)9-20-13-8-12(15(17)18)21-16(22-13)11-3-4-11/h5-8,11,15H,3-4,9H2,1-2H3,(H,20,21,22). The summed E-state index contributed by atoms with van der Waals surface area (Å²) in [4.78, 5) is 14.5. The molecule has 0 aromatic carbocycles. The predicted octanol–water partition coefficient (Wildman–Crippen LogP) is 3.36. The highest BCUT2D eigenvalue weighted by Gasteiger charge is 2.28. The van der Waals surface area contributed by atoms with Crippen molar-refractivity contribution >= 4 is 11.6 Å². The summed E-state index contributed by atoms with van der Waals surface area (Å²) in [6.07, 6.45) is 1.09. The van der Waals surface area contributed by atoms with Crippen molar-refractivity contribution in [2.24, 2.45) is 0 Å². The van der Waals surface area contributed by atoms with E-state index in [1.807, 2.05) is 31.1 Å². The van der Waals surface area contributed by atoms with Crippen LogP contribution in [0, 0.1) is 0 Å². The molecule has 0 amide bonds. The minimum Gasteiger partial charge on any atom is -0.366 e. The van der Waals surface area contributed by atoms with Crippen molar-refractivity contribution in [1.82, 2.24) is 15.0 Å². The second-order valence-corrected chi connectivity index (χ2v) is 5.88. The summed E-state index contributed by atoms with van der Waals surface area (Å²) in [7, 11) is 3.83. The van der Waals surface area contributed by atoms with Gasteiger partial charge in [0.2, 0.25) is 0 Å². The van der Waals surface area contributed by atoms with Gasteiger partial charge in [-0.25, -0.2) is 23.7 Å². The molecule has 23 heavy (non-hydrogen) atoms. The minimum atomic E-state index is -2.59. The molecule has 7 heteroatoms. The summed E-state index contributed by atoms with van der Waals surface area (Å²) < 4.78 is 26.0. The van der Waals surface area contributed by atoms with E-state index in [-0.39, 0.29) is 11.6 Å². The largest absolute Gasteiger partial charge is 0.366 e. The molecule has 122 valence electrons. The lowest BCUT2D eigenvalue weighted by atomic mass is 10.2. The van der Waals surface area contributed by atoms with Crippen molar-refractivity contribution in [3.8, 4) is 0 Å². The first kappa shape index (κ1) is 15.6. The molecule has 0 atom stereocenters. The van der Waals surface area contributed by atoms with Gasteiger partial charge in [0.05, 0.1) is 0 Å². The van der Waals surface area contributed by atoms with Gasteiger partial charge in [0, 0.05) is 38.8 Å². The van der Waals surface area contributed by atoms with E-state index in [1.54, 1.807) is 6.20 Å². The van der Waals surface area contributed by atoms with Gasteiger partial charge in [-0.2, -0.15) is 0 Å². The topological polar surface area (TPSA) is 53.9 Å². The first-order chi connectivity index (χ1) is 11.0. The molecule has 1 fully saturated rings. The van der Waals surface area contributed by atoms with Gasteiger partial charge in [0.25, 0.3) is 6.43 Å². The number of aromatic nitrogens is 3. The van der Waals surface area contributed by atoms with E-state index >= 15 is 0 Å². The first-order valence-electron chi connectivity index (χ1n) is 7.56. The number of hydrogen-bond acceptors (Lipinski definition) is 5. The molecule has 0 spiro atoms. The fraction of sp³-hybridized carbons (Fsp3) is 0.438. The molecule has 1 N–H and O–H groups in total. The maximum absolute atomic E-state index is 13.0. The van der Waals surface area contributed by atoms with Crippen LogP contribution in [0.15, 0.2) is 24.4 Å². The van der Waals surface area contributed by atoms with Crippen LogP contribution in [0.1, 0.15) is 42.3 Å². The Morgan fingerprint density at radius 1 is 1.26 bits per heavy atom. The quantitative estimate of drug-likeness (QED) is 0.885. The number of pyridine rings is 1. The molecule has 1 saturated carbocycles. The second kappa shape index (κ2) is 6.44. The molecule has 0 saturated heterocycles. The van der Waals surface area contributed by atoms with Crippen LogP contribution in [0.3, 0.4) is 0 Å². The van der Waals surface area contributed by atoms with Crippen molar-refractivity contribution in [2.45, 2.75) is 31.7 Å². The van der Waals surface area contributed by atoms with Gasteiger partial charge < -0.3 is 10.2 Å². The summed E-state index contributed by atoms with van der Waals surface area (Å²) in [6.45, 7) is 0.493. The van der Waals surface area contributed by atoms with E-state index in [2.05, 4.69) is 20.3 Å². The van der Waals surface area contributed by atoms with E-state index in [0.29, 0.717) is 18.2 Å². The smallest absolute Gasteiger partial charge is 0.280 e. The van der Waals surface area contributed by atoms with Crippen LogP contribution < -0.4 is 10.2 Å². The number of alkyl halides is 2. The number of nitrogens with zero attached hydrogens (tertiary/aromatic N) is 4. The lowest BCUT2D eigenvalue weighted by Gasteiger charge is -2.13. The van der Waals surface area contributed by atoms with Crippen molar-refractivity contribution in [3.05, 3.63) is 41.5 Å². The van der Waals surface area contributed by atoms with Gasteiger partial charge >= 0.3 is 0 Å². The lowest BCUT2D eigenvalue weighted by Crippen LogP contribution is -2.11. The van der Waals surface area contributed by atoms with Gasteiger partial charge in [0.15, 0.2) is 0 Å². The summed E-state index contributed by atoms with van der Waals surface area (Å²) >= 11 is 0. The fourth-order valence-electron chi connectivity index (χ4n) is 2.22. The normalized spacial score (nSPS) is 14.1. The molecule has 0 bridgehead atoms. The molecular formula is C16H19F2N5. The van der Waals surface area contributed by atoms with E-state index < -0.39 is 6.43 Å². The predicted molar refractivity (Wildman–Crippen MR) is 84.9 cm³/mol. The summed E-state index contributed by atoms with van der Waals surface area (Å²) in [5.41, 5.74) is 0.794. The summed E-state index contributed by atoms with van der Waals surface area (Å²) in [6, 6.07) is 5.16. The highest BCUT2D eigenvalue weighted by atomic mass is 19.3. The molecule has 2 heterocycles. The van der Waals surface area contributed by atoms with Crippen LogP contribution >= 0.6 is 0 Å². The van der Waals surface area contributed by atoms with E-state index in [1.165, 1.54) is 6.07 Å². The van der Waals surface area contributed by atoms with Crippen molar-refractivity contribution in [3.63, 3.8) is 0 Å². The van der Waals surface area contributed by atoms with Crippen LogP contribution in [0.5, 0.6) is 0 Å². The summed E-state index contributed by atoms with van der Waals surface area (Å²) in [5, 5.41) is 3.11. The van der Waals surface area contributed by atoms with Gasteiger partial charge in [0.1, 0.15) is 23.2 Å². The Labute approximate surface area is 133 Å². The molecular weight excluding hydrogens is 300 g/mol. The monoisotopic (exact) mass is 319 g/mol. The summed E-state index contributed by atoms with van der Waals surface area (Å²) in [5.74, 6) is 2.05. The van der Waals surface area contributed by atoms with Crippen molar-refractivity contribution in [2.75, 3.05) is 24.3 Å². The van der Waals surface area contributed by atoms with Gasteiger partial charge in [-0.1, -0.05) is 0 Å². The zero-order valence-corrected chi connectivity index (χ0v) is 13.1. The number of rotatable bonds is 6. The van der Waals surface area contributed by atoms with Crippen LogP contribution in [0.4, 0.5) is 20.4 Å². The van der Waals surface area contributed by atoms with Crippen LogP contribution in [-0.4, -0.2) is 29.0 Å². The molecule has 2 aromatic heterocycles. The third-order valence-electron chi connectivity index (χ3n) is 3.67. The fourth-order valence-corrected chi connectivity index (χ4v) is 2.22. The van der Waals surface area contributed by atoms with Crippen LogP contribution in [0.2, 0.25) is 0 Å². The average molecular weight is 319 g/mol. The average Bonchev–Trinajstić information content (AvgIpc) is 3.38. The Morgan fingerprint density at radius 2 is 2.04 bits per heavy atom. The number of anilines is 2. The molecule has 3 rings (SSSR count). The third kappa shape index (κ3) is 3.91. The van der Waals surface area contributed by atoms with Crippen molar-refractivity contribution < 1.29 is 8.78 Å². The molecule has 0 aliphatic heterocycles. The Balaban J connectivity index is 1.76. The molecule has 1 aliphatic rings. The molecule has 0 unspecified atom stereocenters. The number of nitrogens with one attached hydrogen (secondary N) is 1. The minimum absolute atomic E-state index is 0.215.